The molecule has 5 nitrogen and oxygen atoms in total. The quantitative estimate of drug-likeness (QED) is 0.739. The molecule has 0 amide bonds. The SMILES string of the molecule is CCS(=O)(=O)CC(C)NCC(C)(C)N1CCN(C)CC1. The number of nitrogens with zero attached hydrogens (tertiary/aromatic N) is 2. The number of nitrogens with one attached hydrogen (secondary N) is 1. The minimum Gasteiger partial charge on any atom is -0.311 e. The van der Waals surface area contributed by atoms with Crippen LogP contribution in [-0.4, -0.2) is 81.1 Å². The molecule has 0 bridgehead atoms. The zero-order chi connectivity index (χ0) is 15.4. The van der Waals surface area contributed by atoms with Gasteiger partial charge in [-0.2, -0.15) is 0 Å². The van der Waals surface area contributed by atoms with Crippen molar-refractivity contribution in [2.45, 2.75) is 39.3 Å². The lowest BCUT2D eigenvalue weighted by Gasteiger charge is -2.43. The average molecular weight is 305 g/mol. The van der Waals surface area contributed by atoms with Crippen LogP contribution in [0.5, 0.6) is 0 Å². The zero-order valence-electron chi connectivity index (χ0n) is 13.6. The zero-order valence-corrected chi connectivity index (χ0v) is 14.5. The van der Waals surface area contributed by atoms with Crippen LogP contribution in [0.1, 0.15) is 27.7 Å². The third-order valence-corrected chi connectivity index (χ3v) is 6.07. The summed E-state index contributed by atoms with van der Waals surface area (Å²) < 4.78 is 23.2. The van der Waals surface area contributed by atoms with Crippen LogP contribution < -0.4 is 5.32 Å². The highest BCUT2D eigenvalue weighted by molar-refractivity contribution is 7.91. The van der Waals surface area contributed by atoms with Gasteiger partial charge in [0.15, 0.2) is 9.84 Å². The number of sulfone groups is 1. The van der Waals surface area contributed by atoms with Crippen LogP contribution in [0.25, 0.3) is 0 Å². The lowest BCUT2D eigenvalue weighted by molar-refractivity contribution is 0.0609. The average Bonchev–Trinajstić information content (AvgIpc) is 2.37. The minimum absolute atomic E-state index is 0.00619. The molecule has 0 aromatic carbocycles. The Kier molecular flexibility index (Phi) is 6.44. The maximum atomic E-state index is 11.6. The van der Waals surface area contributed by atoms with Gasteiger partial charge in [0.2, 0.25) is 0 Å². The lowest BCUT2D eigenvalue weighted by atomic mass is 10.0. The molecule has 1 aliphatic heterocycles. The monoisotopic (exact) mass is 305 g/mol. The van der Waals surface area contributed by atoms with E-state index in [2.05, 4.69) is 36.0 Å². The second-order valence-corrected chi connectivity index (χ2v) is 8.98. The highest BCUT2D eigenvalue weighted by Gasteiger charge is 2.29. The van der Waals surface area contributed by atoms with E-state index in [0.717, 1.165) is 32.7 Å². The summed E-state index contributed by atoms with van der Waals surface area (Å²) in [6, 6.07) is 0.00619. The maximum absolute atomic E-state index is 11.6. The highest BCUT2D eigenvalue weighted by atomic mass is 32.2. The number of likely N-dealkylation sites (N-methyl/N-ethyl adjacent to an activating group) is 1. The molecule has 120 valence electrons. The predicted molar refractivity (Wildman–Crippen MR) is 84.9 cm³/mol. The molecule has 0 radical (unpaired) electrons. The molecule has 1 unspecified atom stereocenters. The molecule has 1 heterocycles. The number of rotatable bonds is 7. The Morgan fingerprint density at radius 3 is 2.25 bits per heavy atom. The van der Waals surface area contributed by atoms with Gasteiger partial charge in [-0.05, 0) is 27.8 Å². The van der Waals surface area contributed by atoms with Gasteiger partial charge in [0.25, 0.3) is 0 Å². The highest BCUT2D eigenvalue weighted by Crippen LogP contribution is 2.16. The molecule has 0 spiro atoms. The molecular formula is C14H31N3O2S. The molecule has 1 N–H and O–H groups in total. The first-order chi connectivity index (χ1) is 9.16. The van der Waals surface area contributed by atoms with Gasteiger partial charge in [-0.1, -0.05) is 6.92 Å². The summed E-state index contributed by atoms with van der Waals surface area (Å²) in [5.41, 5.74) is 0.0610. The Balaban J connectivity index is 2.42. The maximum Gasteiger partial charge on any atom is 0.151 e. The van der Waals surface area contributed by atoms with E-state index in [9.17, 15) is 8.42 Å². The van der Waals surface area contributed by atoms with Crippen molar-refractivity contribution in [2.75, 3.05) is 51.3 Å². The molecule has 1 fully saturated rings. The Bertz CT molecular complexity index is 387. The predicted octanol–water partition coefficient (Wildman–Crippen LogP) is 0.425. The van der Waals surface area contributed by atoms with Gasteiger partial charge in [0, 0.05) is 50.1 Å². The van der Waals surface area contributed by atoms with E-state index < -0.39 is 9.84 Å². The fourth-order valence-corrected chi connectivity index (χ4v) is 3.62. The van der Waals surface area contributed by atoms with Crippen molar-refractivity contribution in [1.82, 2.24) is 15.1 Å². The third-order valence-electron chi connectivity index (χ3n) is 4.19. The van der Waals surface area contributed by atoms with Crippen LogP contribution in [0.2, 0.25) is 0 Å². The Morgan fingerprint density at radius 1 is 1.20 bits per heavy atom. The molecular weight excluding hydrogens is 274 g/mol. The van der Waals surface area contributed by atoms with E-state index in [1.54, 1.807) is 6.92 Å². The molecule has 1 aliphatic rings. The van der Waals surface area contributed by atoms with Crippen molar-refractivity contribution >= 4 is 9.84 Å². The molecule has 0 aromatic rings. The van der Waals surface area contributed by atoms with Crippen molar-refractivity contribution in [2.24, 2.45) is 0 Å². The van der Waals surface area contributed by atoms with Crippen molar-refractivity contribution in [3.63, 3.8) is 0 Å². The van der Waals surface area contributed by atoms with E-state index in [-0.39, 0.29) is 23.1 Å². The van der Waals surface area contributed by atoms with Crippen LogP contribution in [-0.2, 0) is 9.84 Å². The van der Waals surface area contributed by atoms with Crippen molar-refractivity contribution in [3.05, 3.63) is 0 Å². The van der Waals surface area contributed by atoms with Gasteiger partial charge in [0.05, 0.1) is 5.75 Å². The van der Waals surface area contributed by atoms with E-state index >= 15 is 0 Å². The molecule has 0 saturated carbocycles. The van der Waals surface area contributed by atoms with Crippen molar-refractivity contribution in [3.8, 4) is 0 Å². The van der Waals surface area contributed by atoms with Crippen LogP contribution in [0.15, 0.2) is 0 Å². The number of hydrogen-bond acceptors (Lipinski definition) is 5. The second-order valence-electron chi connectivity index (χ2n) is 6.58. The number of piperazine rings is 1. The largest absolute Gasteiger partial charge is 0.311 e. The normalized spacial score (nSPS) is 21.1. The van der Waals surface area contributed by atoms with Crippen LogP contribution in [0, 0.1) is 0 Å². The fourth-order valence-electron chi connectivity index (χ4n) is 2.51. The summed E-state index contributed by atoms with van der Waals surface area (Å²) in [7, 11) is -0.748. The summed E-state index contributed by atoms with van der Waals surface area (Å²) in [4.78, 5) is 4.83. The standard InChI is InChI=1S/C14H31N3O2S/c1-6-20(18,19)11-13(2)15-12-14(3,4)17-9-7-16(5)8-10-17/h13,15H,6-12H2,1-5H3. The van der Waals surface area contributed by atoms with E-state index in [4.69, 9.17) is 0 Å². The topological polar surface area (TPSA) is 52.7 Å². The molecule has 20 heavy (non-hydrogen) atoms. The Hall–Kier alpha value is -0.170. The van der Waals surface area contributed by atoms with E-state index in [0.29, 0.717) is 0 Å². The van der Waals surface area contributed by atoms with Crippen LogP contribution in [0.4, 0.5) is 0 Å². The summed E-state index contributed by atoms with van der Waals surface area (Å²) in [5.74, 6) is 0.448. The van der Waals surface area contributed by atoms with Gasteiger partial charge >= 0.3 is 0 Å². The van der Waals surface area contributed by atoms with Gasteiger partial charge in [0.1, 0.15) is 0 Å². The van der Waals surface area contributed by atoms with E-state index in [1.165, 1.54) is 0 Å². The van der Waals surface area contributed by atoms with Gasteiger partial charge in [-0.15, -0.1) is 0 Å². The molecule has 1 saturated heterocycles. The van der Waals surface area contributed by atoms with E-state index in [1.807, 2.05) is 6.92 Å². The van der Waals surface area contributed by atoms with Crippen molar-refractivity contribution < 1.29 is 8.42 Å². The smallest absolute Gasteiger partial charge is 0.151 e. The van der Waals surface area contributed by atoms with Gasteiger partial charge in [-0.25, -0.2) is 8.42 Å². The summed E-state index contributed by atoms with van der Waals surface area (Å²) in [6.45, 7) is 13.3. The Morgan fingerprint density at radius 2 is 1.75 bits per heavy atom. The summed E-state index contributed by atoms with van der Waals surface area (Å²) in [5, 5.41) is 3.39. The first-order valence-electron chi connectivity index (χ1n) is 7.53. The Labute approximate surface area is 124 Å². The number of hydrogen-bond donors (Lipinski definition) is 1. The third kappa shape index (κ3) is 5.68. The summed E-state index contributed by atoms with van der Waals surface area (Å²) in [6.07, 6.45) is 0. The molecule has 0 aromatic heterocycles. The second kappa shape index (κ2) is 7.20. The van der Waals surface area contributed by atoms with Gasteiger partial charge < -0.3 is 10.2 Å². The molecule has 1 atom stereocenters. The minimum atomic E-state index is -2.90. The van der Waals surface area contributed by atoms with Crippen LogP contribution in [0.3, 0.4) is 0 Å². The first-order valence-corrected chi connectivity index (χ1v) is 9.36. The fraction of sp³-hybridized carbons (Fsp3) is 1.00. The van der Waals surface area contributed by atoms with Crippen molar-refractivity contribution in [1.29, 1.82) is 0 Å². The summed E-state index contributed by atoms with van der Waals surface area (Å²) >= 11 is 0. The first kappa shape index (κ1) is 17.9. The lowest BCUT2D eigenvalue weighted by Crippen LogP contribution is -2.58. The van der Waals surface area contributed by atoms with Gasteiger partial charge in [-0.3, -0.25) is 4.90 Å². The molecule has 0 aliphatic carbocycles. The van der Waals surface area contributed by atoms with Crippen LogP contribution >= 0.6 is 0 Å². The molecule has 1 rings (SSSR count). The molecule has 6 heteroatoms.